The lowest BCUT2D eigenvalue weighted by Crippen LogP contribution is -2.51. The largest absolute Gasteiger partial charge is 0.457 e. The third-order valence-electron chi connectivity index (χ3n) is 6.93. The normalized spacial score (nSPS) is 15.6. The lowest BCUT2D eigenvalue weighted by Gasteiger charge is -2.42. The van der Waals surface area contributed by atoms with Crippen molar-refractivity contribution in [3.63, 3.8) is 0 Å². The van der Waals surface area contributed by atoms with Crippen molar-refractivity contribution < 1.29 is 19.1 Å². The van der Waals surface area contributed by atoms with E-state index < -0.39 is 11.9 Å². The first-order valence-electron chi connectivity index (χ1n) is 13.2. The topological polar surface area (TPSA) is 116 Å². The van der Waals surface area contributed by atoms with E-state index in [1.54, 1.807) is 42.6 Å². The molecule has 3 aromatic rings. The Balaban J connectivity index is 1.08. The van der Waals surface area contributed by atoms with Gasteiger partial charge in [-0.2, -0.15) is 0 Å². The molecule has 2 aromatic carbocycles. The number of rotatable bonds is 7. The van der Waals surface area contributed by atoms with Crippen molar-refractivity contribution in [2.45, 2.75) is 31.7 Å². The monoisotopic (exact) mass is 528 g/mol. The zero-order valence-electron chi connectivity index (χ0n) is 21.6. The van der Waals surface area contributed by atoms with Crippen molar-refractivity contribution in [1.29, 1.82) is 0 Å². The van der Waals surface area contributed by atoms with Crippen molar-refractivity contribution in [1.82, 2.24) is 20.1 Å². The minimum Gasteiger partial charge on any atom is -0.457 e. The summed E-state index contributed by atoms with van der Waals surface area (Å²) >= 11 is 0. The molecule has 1 aromatic heterocycles. The van der Waals surface area contributed by atoms with Gasteiger partial charge in [0.05, 0.1) is 6.42 Å². The number of carbonyl (C=O) groups is 3. The van der Waals surface area contributed by atoms with Gasteiger partial charge in [-0.15, -0.1) is 0 Å². The van der Waals surface area contributed by atoms with E-state index in [4.69, 9.17) is 4.74 Å². The maximum atomic E-state index is 12.7. The van der Waals surface area contributed by atoms with E-state index >= 15 is 0 Å². The van der Waals surface area contributed by atoms with Gasteiger partial charge in [-0.25, -0.2) is 14.6 Å². The SMILES string of the molecule is O=C(Cc1ccccc1)NC(=O)Nc1ccc(Oc2ccnc(NC(=O)N3CCC(N4CCC4)CC3)c2)cc1. The first-order valence-corrected chi connectivity index (χ1v) is 13.2. The van der Waals surface area contributed by atoms with Crippen LogP contribution in [0.1, 0.15) is 24.8 Å². The van der Waals surface area contributed by atoms with Gasteiger partial charge in [0.2, 0.25) is 5.91 Å². The summed E-state index contributed by atoms with van der Waals surface area (Å²) in [6, 6.07) is 19.1. The Labute approximate surface area is 227 Å². The summed E-state index contributed by atoms with van der Waals surface area (Å²) in [4.78, 5) is 45.6. The second-order valence-corrected chi connectivity index (χ2v) is 9.71. The number of aromatic nitrogens is 1. The van der Waals surface area contributed by atoms with Crippen molar-refractivity contribution >= 4 is 29.5 Å². The number of urea groups is 2. The number of nitrogens with zero attached hydrogens (tertiary/aromatic N) is 3. The minimum absolute atomic E-state index is 0.118. The lowest BCUT2D eigenvalue weighted by molar-refractivity contribution is -0.119. The molecule has 0 bridgehead atoms. The minimum atomic E-state index is -0.608. The Morgan fingerprint density at radius 1 is 0.872 bits per heavy atom. The summed E-state index contributed by atoms with van der Waals surface area (Å²) in [5, 5.41) is 7.83. The van der Waals surface area contributed by atoms with Crippen LogP contribution >= 0.6 is 0 Å². The smallest absolute Gasteiger partial charge is 0.325 e. The van der Waals surface area contributed by atoms with Crippen LogP contribution in [0.15, 0.2) is 72.9 Å². The third-order valence-corrected chi connectivity index (χ3v) is 6.93. The van der Waals surface area contributed by atoms with E-state index in [0.717, 1.165) is 31.5 Å². The number of nitrogens with one attached hydrogen (secondary N) is 3. The van der Waals surface area contributed by atoms with Gasteiger partial charge in [0.15, 0.2) is 0 Å². The summed E-state index contributed by atoms with van der Waals surface area (Å²) in [6.07, 6.45) is 4.97. The van der Waals surface area contributed by atoms with Crippen molar-refractivity contribution in [2.24, 2.45) is 0 Å². The van der Waals surface area contributed by atoms with Crippen LogP contribution in [-0.2, 0) is 11.2 Å². The molecule has 3 N–H and O–H groups in total. The molecule has 3 heterocycles. The van der Waals surface area contributed by atoms with E-state index in [0.29, 0.717) is 29.0 Å². The summed E-state index contributed by atoms with van der Waals surface area (Å²) in [6.45, 7) is 3.84. The van der Waals surface area contributed by atoms with Crippen LogP contribution in [0.5, 0.6) is 11.5 Å². The Morgan fingerprint density at radius 2 is 1.62 bits per heavy atom. The zero-order valence-corrected chi connectivity index (χ0v) is 21.6. The second kappa shape index (κ2) is 12.4. The molecule has 39 heavy (non-hydrogen) atoms. The van der Waals surface area contributed by atoms with Gasteiger partial charge in [-0.05, 0) is 68.2 Å². The summed E-state index contributed by atoms with van der Waals surface area (Å²) < 4.78 is 5.90. The highest BCUT2D eigenvalue weighted by Gasteiger charge is 2.29. The number of amides is 5. The zero-order chi connectivity index (χ0) is 27.0. The fraction of sp³-hybridized carbons (Fsp3) is 0.310. The fourth-order valence-corrected chi connectivity index (χ4v) is 4.73. The van der Waals surface area contributed by atoms with E-state index in [2.05, 4.69) is 25.8 Å². The highest BCUT2D eigenvalue weighted by Crippen LogP contribution is 2.25. The Kier molecular flexibility index (Phi) is 8.33. The molecule has 2 aliphatic rings. The lowest BCUT2D eigenvalue weighted by atomic mass is 10.00. The van der Waals surface area contributed by atoms with E-state index in [1.807, 2.05) is 35.2 Å². The number of pyridine rings is 1. The van der Waals surface area contributed by atoms with Gasteiger partial charge in [0, 0.05) is 37.1 Å². The predicted octanol–water partition coefficient (Wildman–Crippen LogP) is 4.47. The van der Waals surface area contributed by atoms with Crippen molar-refractivity contribution in [2.75, 3.05) is 36.8 Å². The number of hydrogen-bond acceptors (Lipinski definition) is 6. The quantitative estimate of drug-likeness (QED) is 0.417. The van der Waals surface area contributed by atoms with Gasteiger partial charge in [-0.1, -0.05) is 30.3 Å². The van der Waals surface area contributed by atoms with E-state index in [1.165, 1.54) is 19.5 Å². The number of piperidine rings is 1. The number of likely N-dealkylation sites (tertiary alicyclic amines) is 2. The van der Waals surface area contributed by atoms with E-state index in [9.17, 15) is 14.4 Å². The van der Waals surface area contributed by atoms with Crippen molar-refractivity contribution in [3.05, 3.63) is 78.5 Å². The molecule has 2 saturated heterocycles. The molecule has 0 radical (unpaired) electrons. The summed E-state index contributed by atoms with van der Waals surface area (Å²) in [5.41, 5.74) is 1.33. The van der Waals surface area contributed by atoms with Crippen molar-refractivity contribution in [3.8, 4) is 11.5 Å². The number of ether oxygens (including phenoxy) is 1. The van der Waals surface area contributed by atoms with Gasteiger partial charge < -0.3 is 19.9 Å². The van der Waals surface area contributed by atoms with Gasteiger partial charge >= 0.3 is 12.1 Å². The Morgan fingerprint density at radius 3 is 2.31 bits per heavy atom. The molecule has 10 nitrogen and oxygen atoms in total. The number of carbonyl (C=O) groups excluding carboxylic acids is 3. The van der Waals surface area contributed by atoms with Gasteiger partial charge in [0.25, 0.3) is 0 Å². The first kappa shape index (κ1) is 26.2. The third kappa shape index (κ3) is 7.32. The van der Waals surface area contributed by atoms with Crippen LogP contribution < -0.4 is 20.7 Å². The molecule has 10 heteroatoms. The average molecular weight is 529 g/mol. The van der Waals surface area contributed by atoms with E-state index in [-0.39, 0.29) is 12.5 Å². The molecule has 202 valence electrons. The molecule has 0 aliphatic carbocycles. The fourth-order valence-electron chi connectivity index (χ4n) is 4.73. The highest BCUT2D eigenvalue weighted by atomic mass is 16.5. The average Bonchev–Trinajstić information content (AvgIpc) is 2.90. The first-order chi connectivity index (χ1) is 19.0. The predicted molar refractivity (Wildman–Crippen MR) is 148 cm³/mol. The molecule has 0 saturated carbocycles. The molecule has 0 atom stereocenters. The number of benzene rings is 2. The maximum absolute atomic E-state index is 12.7. The van der Waals surface area contributed by atoms with Crippen LogP contribution in [0.4, 0.5) is 21.1 Å². The molecule has 5 rings (SSSR count). The van der Waals surface area contributed by atoms with Gasteiger partial charge in [0.1, 0.15) is 17.3 Å². The molecule has 2 fully saturated rings. The number of hydrogen-bond donors (Lipinski definition) is 3. The number of imide groups is 1. The maximum Gasteiger partial charge on any atom is 0.325 e. The summed E-state index contributed by atoms with van der Waals surface area (Å²) in [5.74, 6) is 1.08. The van der Waals surface area contributed by atoms with Crippen LogP contribution in [0.25, 0.3) is 0 Å². The molecule has 0 spiro atoms. The Hall–Kier alpha value is -4.44. The van der Waals surface area contributed by atoms with Crippen LogP contribution in [0.3, 0.4) is 0 Å². The molecular formula is C29H32N6O4. The summed E-state index contributed by atoms with van der Waals surface area (Å²) in [7, 11) is 0. The van der Waals surface area contributed by atoms with Crippen LogP contribution in [0, 0.1) is 0 Å². The molecular weight excluding hydrogens is 496 g/mol. The van der Waals surface area contributed by atoms with Gasteiger partial charge in [-0.3, -0.25) is 15.4 Å². The Bertz CT molecular complexity index is 1290. The highest BCUT2D eigenvalue weighted by molar-refractivity contribution is 6.01. The van der Waals surface area contributed by atoms with Crippen LogP contribution in [-0.4, -0.2) is 65.0 Å². The molecule has 0 unspecified atom stereocenters. The van der Waals surface area contributed by atoms with Crippen LogP contribution in [0.2, 0.25) is 0 Å². The molecule has 5 amide bonds. The molecule has 2 aliphatic heterocycles. The second-order valence-electron chi connectivity index (χ2n) is 9.71. The standard InChI is InChI=1S/C29H32N6O4/c36-27(19-21-5-2-1-3-6-21)33-28(37)31-22-7-9-24(10-8-22)39-25-11-14-30-26(20-25)32-29(38)35-17-12-23(13-18-35)34-15-4-16-34/h1-3,5-11,14,20,23H,4,12-13,15-19H2,(H,30,32,38)(H2,31,33,36,37). The number of anilines is 2.